The maximum absolute atomic E-state index is 6.07. The lowest BCUT2D eigenvalue weighted by Crippen LogP contribution is -2.57. The first kappa shape index (κ1) is 9.44. The van der Waals surface area contributed by atoms with Gasteiger partial charge in [0.25, 0.3) is 0 Å². The number of likely N-dealkylation sites (tertiary alicyclic amines) is 1. The first-order valence-corrected chi connectivity index (χ1v) is 5.27. The highest BCUT2D eigenvalue weighted by atomic mass is 16.5. The zero-order valence-corrected chi connectivity index (χ0v) is 8.68. The van der Waals surface area contributed by atoms with Crippen molar-refractivity contribution in [3.05, 3.63) is 0 Å². The van der Waals surface area contributed by atoms with Crippen LogP contribution in [0.4, 0.5) is 0 Å². The van der Waals surface area contributed by atoms with Crippen molar-refractivity contribution < 1.29 is 4.74 Å². The summed E-state index contributed by atoms with van der Waals surface area (Å²) >= 11 is 0. The number of morpholine rings is 1. The molecule has 13 heavy (non-hydrogen) atoms. The molecule has 0 bridgehead atoms. The molecule has 0 radical (unpaired) electrons. The minimum absolute atomic E-state index is 0.157. The van der Waals surface area contributed by atoms with Crippen molar-refractivity contribution in [2.24, 2.45) is 0 Å². The Bertz CT molecular complexity index is 176. The van der Waals surface area contributed by atoms with Crippen molar-refractivity contribution in [1.29, 1.82) is 0 Å². The first-order valence-electron chi connectivity index (χ1n) is 5.27. The number of rotatable bonds is 0. The smallest absolute Gasteiger partial charge is 0.0834 e. The van der Waals surface area contributed by atoms with E-state index in [0.29, 0.717) is 6.10 Å². The number of hydrogen-bond donors (Lipinski definition) is 1. The van der Waals surface area contributed by atoms with Crippen LogP contribution in [0.3, 0.4) is 0 Å². The number of piperidine rings is 1. The molecule has 0 aliphatic carbocycles. The Morgan fingerprint density at radius 1 is 1.38 bits per heavy atom. The van der Waals surface area contributed by atoms with E-state index < -0.39 is 0 Å². The molecule has 0 aromatic carbocycles. The van der Waals surface area contributed by atoms with Crippen LogP contribution >= 0.6 is 0 Å². The van der Waals surface area contributed by atoms with Crippen LogP contribution in [-0.2, 0) is 4.74 Å². The van der Waals surface area contributed by atoms with Gasteiger partial charge in [-0.3, -0.25) is 0 Å². The summed E-state index contributed by atoms with van der Waals surface area (Å²) in [4.78, 5) is 2.38. The predicted octanol–water partition coefficient (Wildman–Crippen LogP) is 0.459. The maximum atomic E-state index is 6.07. The third kappa shape index (κ3) is 2.03. The van der Waals surface area contributed by atoms with Crippen molar-refractivity contribution in [2.45, 2.75) is 31.5 Å². The molecule has 2 aliphatic heterocycles. The van der Waals surface area contributed by atoms with Gasteiger partial charge in [-0.2, -0.15) is 0 Å². The van der Waals surface area contributed by atoms with Gasteiger partial charge in [0.2, 0.25) is 0 Å². The van der Waals surface area contributed by atoms with Crippen LogP contribution in [0.25, 0.3) is 0 Å². The Morgan fingerprint density at radius 3 is 2.69 bits per heavy atom. The van der Waals surface area contributed by atoms with E-state index >= 15 is 0 Å². The molecule has 1 unspecified atom stereocenters. The molecule has 0 saturated carbocycles. The van der Waals surface area contributed by atoms with E-state index in [-0.39, 0.29) is 5.60 Å². The van der Waals surface area contributed by atoms with E-state index in [1.165, 1.54) is 25.9 Å². The van der Waals surface area contributed by atoms with Gasteiger partial charge in [-0.15, -0.1) is 0 Å². The summed E-state index contributed by atoms with van der Waals surface area (Å²) in [6, 6.07) is 0. The number of ether oxygens (including phenoxy) is 1. The lowest BCUT2D eigenvalue weighted by molar-refractivity contribution is -0.133. The number of hydrogen-bond acceptors (Lipinski definition) is 3. The zero-order chi connectivity index (χ0) is 9.31. The zero-order valence-electron chi connectivity index (χ0n) is 8.68. The van der Waals surface area contributed by atoms with Crippen molar-refractivity contribution in [2.75, 3.05) is 33.2 Å². The van der Waals surface area contributed by atoms with Crippen molar-refractivity contribution in [1.82, 2.24) is 10.2 Å². The molecule has 76 valence electrons. The Kier molecular flexibility index (Phi) is 2.58. The normalized spacial score (nSPS) is 35.1. The van der Waals surface area contributed by atoms with Gasteiger partial charge in [0.15, 0.2) is 0 Å². The minimum Gasteiger partial charge on any atom is -0.369 e. The highest BCUT2D eigenvalue weighted by Crippen LogP contribution is 2.28. The molecule has 2 fully saturated rings. The van der Waals surface area contributed by atoms with Gasteiger partial charge in [-0.25, -0.2) is 0 Å². The summed E-state index contributed by atoms with van der Waals surface area (Å²) in [5, 5.41) is 3.47. The molecule has 0 amide bonds. The molecule has 2 aliphatic rings. The van der Waals surface area contributed by atoms with Crippen LogP contribution in [0.2, 0.25) is 0 Å². The largest absolute Gasteiger partial charge is 0.369 e. The predicted molar refractivity (Wildman–Crippen MR) is 52.9 cm³/mol. The molecule has 3 nitrogen and oxygen atoms in total. The quantitative estimate of drug-likeness (QED) is 0.592. The van der Waals surface area contributed by atoms with Crippen LogP contribution in [0.1, 0.15) is 19.8 Å². The molecule has 2 heterocycles. The van der Waals surface area contributed by atoms with E-state index in [1.807, 2.05) is 0 Å². The minimum atomic E-state index is 0.157. The third-order valence-corrected chi connectivity index (χ3v) is 3.23. The van der Waals surface area contributed by atoms with Crippen LogP contribution < -0.4 is 5.32 Å². The van der Waals surface area contributed by atoms with Crippen LogP contribution in [-0.4, -0.2) is 49.8 Å². The second kappa shape index (κ2) is 3.56. The molecule has 0 aromatic rings. The van der Waals surface area contributed by atoms with Crippen molar-refractivity contribution in [3.8, 4) is 0 Å². The summed E-state index contributed by atoms with van der Waals surface area (Å²) < 4.78 is 6.07. The van der Waals surface area contributed by atoms with Gasteiger partial charge in [-0.1, -0.05) is 0 Å². The molecular formula is C10H20N2O. The number of nitrogens with zero attached hydrogens (tertiary/aromatic N) is 1. The fourth-order valence-corrected chi connectivity index (χ4v) is 2.33. The fourth-order valence-electron chi connectivity index (χ4n) is 2.33. The van der Waals surface area contributed by atoms with Crippen LogP contribution in [0.5, 0.6) is 0 Å². The van der Waals surface area contributed by atoms with Gasteiger partial charge >= 0.3 is 0 Å². The van der Waals surface area contributed by atoms with E-state index in [0.717, 1.165) is 13.1 Å². The third-order valence-electron chi connectivity index (χ3n) is 3.23. The Morgan fingerprint density at radius 2 is 2.08 bits per heavy atom. The summed E-state index contributed by atoms with van der Waals surface area (Å²) in [6.45, 7) is 6.57. The highest BCUT2D eigenvalue weighted by molar-refractivity contribution is 4.92. The molecule has 1 atom stereocenters. The van der Waals surface area contributed by atoms with Crippen molar-refractivity contribution >= 4 is 0 Å². The fraction of sp³-hybridized carbons (Fsp3) is 1.00. The number of nitrogens with one attached hydrogen (secondary N) is 1. The molecular weight excluding hydrogens is 164 g/mol. The summed E-state index contributed by atoms with van der Waals surface area (Å²) in [5.74, 6) is 0. The average Bonchev–Trinajstić information content (AvgIpc) is 2.11. The van der Waals surface area contributed by atoms with Gasteiger partial charge in [0.1, 0.15) is 0 Å². The Balaban J connectivity index is 1.95. The first-order chi connectivity index (χ1) is 6.20. The van der Waals surface area contributed by atoms with E-state index in [1.54, 1.807) is 0 Å². The SMILES string of the molecule is CC1CNCC2(CCN(C)CC2)O1. The van der Waals surface area contributed by atoms with Gasteiger partial charge < -0.3 is 15.0 Å². The van der Waals surface area contributed by atoms with E-state index in [4.69, 9.17) is 4.74 Å². The second-order valence-corrected chi connectivity index (χ2v) is 4.55. The summed E-state index contributed by atoms with van der Waals surface area (Å²) in [6.07, 6.45) is 2.75. The Hall–Kier alpha value is -0.120. The second-order valence-electron chi connectivity index (χ2n) is 4.55. The molecule has 1 N–H and O–H groups in total. The summed E-state index contributed by atoms with van der Waals surface area (Å²) in [7, 11) is 2.19. The standard InChI is InChI=1S/C10H20N2O/c1-9-7-11-8-10(13-9)3-5-12(2)6-4-10/h9,11H,3-8H2,1-2H3. The van der Waals surface area contributed by atoms with E-state index in [9.17, 15) is 0 Å². The Labute approximate surface area is 80.4 Å². The monoisotopic (exact) mass is 184 g/mol. The van der Waals surface area contributed by atoms with E-state index in [2.05, 4.69) is 24.2 Å². The molecule has 1 spiro atoms. The molecule has 3 heteroatoms. The van der Waals surface area contributed by atoms with Crippen LogP contribution in [0, 0.1) is 0 Å². The topological polar surface area (TPSA) is 24.5 Å². The molecule has 2 rings (SSSR count). The lowest BCUT2D eigenvalue weighted by Gasteiger charge is -2.45. The highest BCUT2D eigenvalue weighted by Gasteiger charge is 2.38. The van der Waals surface area contributed by atoms with Gasteiger partial charge in [-0.05, 0) is 26.8 Å². The van der Waals surface area contributed by atoms with Gasteiger partial charge in [0, 0.05) is 26.2 Å². The van der Waals surface area contributed by atoms with Crippen LogP contribution in [0.15, 0.2) is 0 Å². The maximum Gasteiger partial charge on any atom is 0.0834 e. The summed E-state index contributed by atoms with van der Waals surface area (Å²) in [5.41, 5.74) is 0.157. The van der Waals surface area contributed by atoms with Gasteiger partial charge in [0.05, 0.1) is 11.7 Å². The van der Waals surface area contributed by atoms with Crippen molar-refractivity contribution in [3.63, 3.8) is 0 Å². The average molecular weight is 184 g/mol. The lowest BCUT2D eigenvalue weighted by atomic mass is 9.90. The molecule has 0 aromatic heterocycles. The molecule has 2 saturated heterocycles.